The maximum absolute atomic E-state index is 12.7. The van der Waals surface area contributed by atoms with Crippen molar-refractivity contribution in [3.8, 4) is 5.75 Å². The van der Waals surface area contributed by atoms with Gasteiger partial charge >= 0.3 is 0 Å². The maximum Gasteiger partial charge on any atom is 0.261 e. The third-order valence-electron chi connectivity index (χ3n) is 4.36. The zero-order chi connectivity index (χ0) is 19.2. The number of benzene rings is 2. The van der Waals surface area contributed by atoms with Gasteiger partial charge < -0.3 is 10.1 Å². The molecule has 0 fully saturated rings. The highest BCUT2D eigenvalue weighted by Crippen LogP contribution is 2.19. The van der Waals surface area contributed by atoms with E-state index < -0.39 is 6.04 Å². The molecule has 0 bridgehead atoms. The Hall–Kier alpha value is -3.15. The van der Waals surface area contributed by atoms with Crippen LogP contribution >= 0.6 is 0 Å². The van der Waals surface area contributed by atoms with E-state index in [0.29, 0.717) is 28.9 Å². The molecule has 0 aliphatic heterocycles. The van der Waals surface area contributed by atoms with Crippen LogP contribution in [0.25, 0.3) is 10.9 Å². The van der Waals surface area contributed by atoms with Crippen molar-refractivity contribution in [2.24, 2.45) is 0 Å². The summed E-state index contributed by atoms with van der Waals surface area (Å²) in [5.41, 5.74) is 1.01. The van der Waals surface area contributed by atoms with Crippen LogP contribution in [0.1, 0.15) is 32.7 Å². The lowest BCUT2D eigenvalue weighted by Gasteiger charge is -2.16. The topological polar surface area (TPSA) is 73.2 Å². The highest BCUT2D eigenvalue weighted by Gasteiger charge is 2.18. The molecule has 6 nitrogen and oxygen atoms in total. The summed E-state index contributed by atoms with van der Waals surface area (Å²) >= 11 is 0. The number of carbonyl (C=O) groups excluding carboxylic acids is 1. The molecule has 0 saturated heterocycles. The van der Waals surface area contributed by atoms with Crippen molar-refractivity contribution in [1.82, 2.24) is 9.55 Å². The largest absolute Gasteiger partial charge is 0.494 e. The Kier molecular flexibility index (Phi) is 5.86. The first-order valence-electron chi connectivity index (χ1n) is 9.09. The molecule has 1 heterocycles. The van der Waals surface area contributed by atoms with Gasteiger partial charge in [0.25, 0.3) is 5.56 Å². The van der Waals surface area contributed by atoms with Crippen LogP contribution in [0, 0.1) is 0 Å². The van der Waals surface area contributed by atoms with Crippen LogP contribution in [0.4, 0.5) is 5.69 Å². The number of nitrogens with one attached hydrogen (secondary N) is 1. The van der Waals surface area contributed by atoms with Crippen molar-refractivity contribution >= 4 is 22.5 Å². The third kappa shape index (κ3) is 4.34. The van der Waals surface area contributed by atoms with Gasteiger partial charge in [0.2, 0.25) is 5.91 Å². The van der Waals surface area contributed by atoms with Crippen molar-refractivity contribution in [3.63, 3.8) is 0 Å². The molecule has 2 aromatic carbocycles. The summed E-state index contributed by atoms with van der Waals surface area (Å²) < 4.78 is 7.01. The Labute approximate surface area is 157 Å². The molecule has 0 aliphatic rings. The molecule has 0 spiro atoms. The van der Waals surface area contributed by atoms with Crippen LogP contribution in [0.3, 0.4) is 0 Å². The Morgan fingerprint density at radius 1 is 1.22 bits per heavy atom. The summed E-state index contributed by atoms with van der Waals surface area (Å²) in [6.45, 7) is 4.42. The number of carbonyl (C=O) groups is 1. The second-order valence-corrected chi connectivity index (χ2v) is 6.37. The first-order chi connectivity index (χ1) is 13.1. The molecule has 0 aliphatic carbocycles. The fourth-order valence-corrected chi connectivity index (χ4v) is 2.73. The lowest BCUT2D eigenvalue weighted by Crippen LogP contribution is -2.31. The van der Waals surface area contributed by atoms with E-state index in [1.807, 2.05) is 18.2 Å². The molecule has 27 heavy (non-hydrogen) atoms. The minimum Gasteiger partial charge on any atom is -0.494 e. The summed E-state index contributed by atoms with van der Waals surface area (Å²) in [5.74, 6) is 0.415. The molecule has 3 aromatic rings. The average molecular weight is 365 g/mol. The van der Waals surface area contributed by atoms with E-state index in [0.717, 1.165) is 12.8 Å². The third-order valence-corrected chi connectivity index (χ3v) is 4.36. The van der Waals surface area contributed by atoms with Gasteiger partial charge in [0.15, 0.2) is 0 Å². The Bertz CT molecular complexity index is 997. The molecule has 3 rings (SSSR count). The number of hydrogen-bond donors (Lipinski definition) is 1. The highest BCUT2D eigenvalue weighted by molar-refractivity contribution is 5.93. The quantitative estimate of drug-likeness (QED) is 0.647. The second-order valence-electron chi connectivity index (χ2n) is 6.37. The Morgan fingerprint density at radius 3 is 2.85 bits per heavy atom. The van der Waals surface area contributed by atoms with E-state index in [9.17, 15) is 9.59 Å². The van der Waals surface area contributed by atoms with Crippen molar-refractivity contribution in [2.75, 3.05) is 11.9 Å². The molecule has 1 amide bonds. The number of hydrogen-bond acceptors (Lipinski definition) is 4. The number of aromatic nitrogens is 2. The van der Waals surface area contributed by atoms with Gasteiger partial charge in [-0.3, -0.25) is 14.2 Å². The molecule has 0 radical (unpaired) electrons. The highest BCUT2D eigenvalue weighted by atomic mass is 16.5. The van der Waals surface area contributed by atoms with Crippen molar-refractivity contribution in [1.29, 1.82) is 0 Å². The van der Waals surface area contributed by atoms with Gasteiger partial charge in [0.1, 0.15) is 11.8 Å². The molecule has 1 atom stereocenters. The lowest BCUT2D eigenvalue weighted by atomic mass is 10.2. The maximum atomic E-state index is 12.7. The average Bonchev–Trinajstić information content (AvgIpc) is 2.68. The van der Waals surface area contributed by atoms with Gasteiger partial charge in [-0.2, -0.15) is 0 Å². The minimum absolute atomic E-state index is 0.236. The van der Waals surface area contributed by atoms with Gasteiger partial charge in [-0.05, 0) is 37.6 Å². The summed E-state index contributed by atoms with van der Waals surface area (Å²) in [5, 5.41) is 3.33. The van der Waals surface area contributed by atoms with E-state index in [2.05, 4.69) is 17.2 Å². The number of unbranched alkanes of at least 4 members (excludes halogenated alkanes) is 1. The van der Waals surface area contributed by atoms with E-state index in [1.165, 1.54) is 10.9 Å². The van der Waals surface area contributed by atoms with Crippen molar-refractivity contribution < 1.29 is 9.53 Å². The Morgan fingerprint density at radius 2 is 2.04 bits per heavy atom. The van der Waals surface area contributed by atoms with Gasteiger partial charge in [0, 0.05) is 11.8 Å². The summed E-state index contributed by atoms with van der Waals surface area (Å²) in [6, 6.07) is 13.6. The van der Waals surface area contributed by atoms with Gasteiger partial charge in [0.05, 0.1) is 23.8 Å². The number of fused-ring (bicyclic) bond motifs is 1. The van der Waals surface area contributed by atoms with Gasteiger partial charge in [-0.1, -0.05) is 31.5 Å². The Balaban J connectivity index is 1.76. The van der Waals surface area contributed by atoms with Crippen LogP contribution in [0.15, 0.2) is 59.7 Å². The molecule has 1 unspecified atom stereocenters. The molecular weight excluding hydrogens is 342 g/mol. The first-order valence-corrected chi connectivity index (χ1v) is 9.09. The zero-order valence-electron chi connectivity index (χ0n) is 15.5. The van der Waals surface area contributed by atoms with Gasteiger partial charge in [-0.15, -0.1) is 0 Å². The number of para-hydroxylation sites is 1. The number of nitrogens with zero attached hydrogens (tertiary/aromatic N) is 2. The molecule has 1 aromatic heterocycles. The fraction of sp³-hybridized carbons (Fsp3) is 0.286. The van der Waals surface area contributed by atoms with Crippen molar-refractivity contribution in [3.05, 3.63) is 65.2 Å². The summed E-state index contributed by atoms with van der Waals surface area (Å²) in [7, 11) is 0. The number of amides is 1. The van der Waals surface area contributed by atoms with E-state index in [-0.39, 0.29) is 11.5 Å². The number of anilines is 1. The molecule has 0 saturated carbocycles. The van der Waals surface area contributed by atoms with Gasteiger partial charge in [-0.25, -0.2) is 4.98 Å². The monoisotopic (exact) mass is 365 g/mol. The molecule has 140 valence electrons. The number of ether oxygens (including phenoxy) is 1. The van der Waals surface area contributed by atoms with Crippen LogP contribution in [0.2, 0.25) is 0 Å². The second kappa shape index (κ2) is 8.49. The van der Waals surface area contributed by atoms with Crippen LogP contribution in [0.5, 0.6) is 5.75 Å². The predicted octanol–water partition coefficient (Wildman–Crippen LogP) is 3.78. The van der Waals surface area contributed by atoms with E-state index in [1.54, 1.807) is 37.3 Å². The minimum atomic E-state index is -0.695. The van der Waals surface area contributed by atoms with Crippen LogP contribution in [-0.2, 0) is 4.79 Å². The normalized spacial score (nSPS) is 11.9. The molecule has 1 N–H and O–H groups in total. The molecular formula is C21H23N3O3. The van der Waals surface area contributed by atoms with Crippen molar-refractivity contribution in [2.45, 2.75) is 32.7 Å². The lowest BCUT2D eigenvalue weighted by molar-refractivity contribution is -0.118. The summed E-state index contributed by atoms with van der Waals surface area (Å²) in [6.07, 6.45) is 3.45. The predicted molar refractivity (Wildman–Crippen MR) is 106 cm³/mol. The first kappa shape index (κ1) is 18.6. The smallest absolute Gasteiger partial charge is 0.261 e. The van der Waals surface area contributed by atoms with Crippen LogP contribution < -0.4 is 15.6 Å². The van der Waals surface area contributed by atoms with E-state index >= 15 is 0 Å². The molecule has 6 heteroatoms. The standard InChI is InChI=1S/C21H23N3O3/c1-3-4-12-27-17-9-7-8-16(13-17)23-20(25)15(2)24-14-22-19-11-6-5-10-18(19)21(24)26/h5-11,13-15H,3-4,12H2,1-2H3,(H,23,25). The zero-order valence-corrected chi connectivity index (χ0v) is 15.5. The van der Waals surface area contributed by atoms with E-state index in [4.69, 9.17) is 4.74 Å². The number of rotatable bonds is 7. The summed E-state index contributed by atoms with van der Waals surface area (Å²) in [4.78, 5) is 29.6. The SMILES string of the molecule is CCCCOc1cccc(NC(=O)C(C)n2cnc3ccccc3c2=O)c1. The fourth-order valence-electron chi connectivity index (χ4n) is 2.73. The van der Waals surface area contributed by atoms with Crippen LogP contribution in [-0.4, -0.2) is 22.1 Å².